The van der Waals surface area contributed by atoms with E-state index in [1.807, 2.05) is 56.3 Å². The third-order valence-corrected chi connectivity index (χ3v) is 4.11. The summed E-state index contributed by atoms with van der Waals surface area (Å²) in [7, 11) is 0. The third kappa shape index (κ3) is 3.40. The Kier molecular flexibility index (Phi) is 4.51. The number of hydrogen-bond acceptors (Lipinski definition) is 3. The highest BCUT2D eigenvalue weighted by molar-refractivity contribution is 5.96. The lowest BCUT2D eigenvalue weighted by atomic mass is 10.1. The smallest absolute Gasteiger partial charge is 0.261 e. The van der Waals surface area contributed by atoms with Crippen LogP contribution in [0.5, 0.6) is 5.75 Å². The fourth-order valence-electron chi connectivity index (χ4n) is 2.80. The molecule has 24 heavy (non-hydrogen) atoms. The van der Waals surface area contributed by atoms with Crippen molar-refractivity contribution in [2.45, 2.75) is 26.4 Å². The predicted octanol–water partition coefficient (Wildman–Crippen LogP) is 2.36. The molecule has 0 radical (unpaired) electrons. The summed E-state index contributed by atoms with van der Waals surface area (Å²) >= 11 is 0. The molecule has 0 saturated carbocycles. The Balaban J connectivity index is 1.53. The molecule has 1 heterocycles. The van der Waals surface area contributed by atoms with Crippen LogP contribution in [0.15, 0.2) is 42.5 Å². The molecule has 2 aromatic rings. The van der Waals surface area contributed by atoms with E-state index in [0.29, 0.717) is 6.42 Å². The summed E-state index contributed by atoms with van der Waals surface area (Å²) < 4.78 is 5.61. The molecule has 3 rings (SSSR count). The maximum atomic E-state index is 12.2. The second-order valence-electron chi connectivity index (χ2n) is 5.95. The van der Waals surface area contributed by atoms with Gasteiger partial charge in [-0.2, -0.15) is 0 Å². The van der Waals surface area contributed by atoms with Crippen molar-refractivity contribution in [3.05, 3.63) is 59.2 Å². The summed E-state index contributed by atoms with van der Waals surface area (Å²) in [6, 6.07) is 13.4. The summed E-state index contributed by atoms with van der Waals surface area (Å²) in [5.41, 5.74) is 3.78. The molecule has 0 spiro atoms. The molecule has 1 atom stereocenters. The zero-order valence-electron chi connectivity index (χ0n) is 13.8. The van der Waals surface area contributed by atoms with Crippen molar-refractivity contribution in [3.63, 3.8) is 0 Å². The van der Waals surface area contributed by atoms with Gasteiger partial charge in [0, 0.05) is 12.1 Å². The lowest BCUT2D eigenvalue weighted by Gasteiger charge is -2.13. The minimum absolute atomic E-state index is 0.0805. The van der Waals surface area contributed by atoms with Gasteiger partial charge in [0.15, 0.2) is 6.10 Å². The molecule has 0 saturated heterocycles. The Labute approximate surface area is 141 Å². The monoisotopic (exact) mass is 324 g/mol. The van der Waals surface area contributed by atoms with Gasteiger partial charge >= 0.3 is 0 Å². The van der Waals surface area contributed by atoms with Crippen LogP contribution in [0.25, 0.3) is 0 Å². The van der Waals surface area contributed by atoms with E-state index < -0.39 is 6.10 Å². The number of anilines is 1. The van der Waals surface area contributed by atoms with Gasteiger partial charge in [-0.1, -0.05) is 36.4 Å². The first-order valence-corrected chi connectivity index (χ1v) is 7.93. The van der Waals surface area contributed by atoms with E-state index >= 15 is 0 Å². The zero-order valence-corrected chi connectivity index (χ0v) is 13.8. The first-order valence-electron chi connectivity index (χ1n) is 7.93. The van der Waals surface area contributed by atoms with Crippen molar-refractivity contribution in [2.75, 3.05) is 11.9 Å². The van der Waals surface area contributed by atoms with Gasteiger partial charge in [0.1, 0.15) is 5.75 Å². The molecule has 5 nitrogen and oxygen atoms in total. The van der Waals surface area contributed by atoms with Crippen LogP contribution in [0.4, 0.5) is 5.69 Å². The lowest BCUT2D eigenvalue weighted by Crippen LogP contribution is -2.41. The average Bonchev–Trinajstić information content (AvgIpc) is 3.00. The Hall–Kier alpha value is -2.82. The van der Waals surface area contributed by atoms with Gasteiger partial charge in [0.2, 0.25) is 5.91 Å². The van der Waals surface area contributed by atoms with E-state index in [0.717, 1.165) is 28.1 Å². The largest absolute Gasteiger partial charge is 0.480 e. The van der Waals surface area contributed by atoms with Crippen LogP contribution < -0.4 is 15.4 Å². The van der Waals surface area contributed by atoms with Crippen LogP contribution in [-0.4, -0.2) is 24.5 Å². The summed E-state index contributed by atoms with van der Waals surface area (Å²) in [4.78, 5) is 24.3. The molecular formula is C19H20N2O3. The second kappa shape index (κ2) is 6.74. The third-order valence-electron chi connectivity index (χ3n) is 4.11. The van der Waals surface area contributed by atoms with Crippen molar-refractivity contribution in [1.82, 2.24) is 5.32 Å². The number of hydrogen-bond donors (Lipinski definition) is 2. The van der Waals surface area contributed by atoms with Crippen molar-refractivity contribution in [1.29, 1.82) is 0 Å². The predicted molar refractivity (Wildman–Crippen MR) is 92.1 cm³/mol. The molecule has 1 aliphatic heterocycles. The summed E-state index contributed by atoms with van der Waals surface area (Å²) in [5.74, 6) is 0.205. The normalized spacial score (nSPS) is 15.3. The number of benzene rings is 2. The summed E-state index contributed by atoms with van der Waals surface area (Å²) in [6.07, 6.45) is -0.0454. The minimum Gasteiger partial charge on any atom is -0.480 e. The molecule has 0 bridgehead atoms. The molecular weight excluding hydrogens is 304 g/mol. The van der Waals surface area contributed by atoms with Gasteiger partial charge in [0.05, 0.1) is 6.54 Å². The van der Waals surface area contributed by atoms with Crippen LogP contribution in [0.3, 0.4) is 0 Å². The summed E-state index contributed by atoms with van der Waals surface area (Å²) in [6.45, 7) is 3.79. The van der Waals surface area contributed by atoms with Gasteiger partial charge in [-0.15, -0.1) is 0 Å². The Morgan fingerprint density at radius 2 is 1.79 bits per heavy atom. The average molecular weight is 324 g/mol. The van der Waals surface area contributed by atoms with Gasteiger partial charge in [-0.3, -0.25) is 9.59 Å². The van der Waals surface area contributed by atoms with E-state index in [1.165, 1.54) is 0 Å². The molecule has 2 aromatic carbocycles. The molecule has 1 unspecified atom stereocenters. The van der Waals surface area contributed by atoms with Crippen LogP contribution in [0, 0.1) is 13.8 Å². The molecule has 1 aliphatic rings. The van der Waals surface area contributed by atoms with E-state index in [-0.39, 0.29) is 18.4 Å². The lowest BCUT2D eigenvalue weighted by molar-refractivity contribution is -0.129. The maximum absolute atomic E-state index is 12.2. The number of para-hydroxylation sites is 2. The van der Waals surface area contributed by atoms with Crippen LogP contribution in [-0.2, 0) is 16.0 Å². The van der Waals surface area contributed by atoms with Crippen LogP contribution in [0.2, 0.25) is 0 Å². The van der Waals surface area contributed by atoms with E-state index in [2.05, 4.69) is 10.6 Å². The topological polar surface area (TPSA) is 67.4 Å². The number of rotatable bonds is 4. The van der Waals surface area contributed by atoms with Crippen LogP contribution >= 0.6 is 0 Å². The van der Waals surface area contributed by atoms with E-state index in [4.69, 9.17) is 4.74 Å². The van der Waals surface area contributed by atoms with Gasteiger partial charge in [-0.05, 0) is 36.6 Å². The molecule has 0 fully saturated rings. The number of carbonyl (C=O) groups is 2. The second-order valence-corrected chi connectivity index (χ2v) is 5.95. The highest BCUT2D eigenvalue weighted by atomic mass is 16.5. The first-order chi connectivity index (χ1) is 11.5. The number of ether oxygens (including phenoxy) is 1. The Morgan fingerprint density at radius 1 is 1.08 bits per heavy atom. The van der Waals surface area contributed by atoms with Crippen molar-refractivity contribution < 1.29 is 14.3 Å². The zero-order chi connectivity index (χ0) is 17.1. The van der Waals surface area contributed by atoms with E-state index in [1.54, 1.807) is 0 Å². The maximum Gasteiger partial charge on any atom is 0.261 e. The Bertz CT molecular complexity index is 741. The quantitative estimate of drug-likeness (QED) is 0.907. The number of aryl methyl sites for hydroxylation is 2. The molecule has 2 amide bonds. The standard InChI is InChI=1S/C19H20N2O3/c1-12-6-5-7-13(2)18(12)21-17(22)11-20-19(23)16-10-14-8-3-4-9-15(14)24-16/h3-9,16H,10-11H2,1-2H3,(H,20,23)(H,21,22). The minimum atomic E-state index is -0.574. The van der Waals surface area contributed by atoms with E-state index in [9.17, 15) is 9.59 Å². The van der Waals surface area contributed by atoms with Crippen LogP contribution in [0.1, 0.15) is 16.7 Å². The highest BCUT2D eigenvalue weighted by Crippen LogP contribution is 2.28. The SMILES string of the molecule is Cc1cccc(C)c1NC(=O)CNC(=O)C1Cc2ccccc2O1. The van der Waals surface area contributed by atoms with Crippen molar-refractivity contribution in [3.8, 4) is 5.75 Å². The first kappa shape index (κ1) is 16.1. The molecule has 0 aliphatic carbocycles. The fourth-order valence-corrected chi connectivity index (χ4v) is 2.80. The number of carbonyl (C=O) groups excluding carboxylic acids is 2. The van der Waals surface area contributed by atoms with Crippen molar-refractivity contribution >= 4 is 17.5 Å². The number of fused-ring (bicyclic) bond motifs is 1. The van der Waals surface area contributed by atoms with Gasteiger partial charge in [0.25, 0.3) is 5.91 Å². The number of amides is 2. The van der Waals surface area contributed by atoms with Gasteiger partial charge in [-0.25, -0.2) is 0 Å². The number of nitrogens with one attached hydrogen (secondary N) is 2. The molecule has 124 valence electrons. The van der Waals surface area contributed by atoms with Crippen molar-refractivity contribution in [2.24, 2.45) is 0 Å². The van der Waals surface area contributed by atoms with Gasteiger partial charge < -0.3 is 15.4 Å². The Morgan fingerprint density at radius 3 is 2.50 bits per heavy atom. The summed E-state index contributed by atoms with van der Waals surface area (Å²) in [5, 5.41) is 5.49. The highest BCUT2D eigenvalue weighted by Gasteiger charge is 2.28. The fraction of sp³-hybridized carbons (Fsp3) is 0.263. The molecule has 2 N–H and O–H groups in total. The molecule has 0 aromatic heterocycles. The molecule has 5 heteroatoms.